The minimum atomic E-state index is -0.498. The van der Waals surface area contributed by atoms with Crippen molar-refractivity contribution in [2.24, 2.45) is 0 Å². The van der Waals surface area contributed by atoms with Crippen LogP contribution in [0.1, 0.15) is 5.76 Å². The molecule has 0 aromatic carbocycles. The molecule has 2 aromatic rings. The van der Waals surface area contributed by atoms with Gasteiger partial charge in [-0.15, -0.1) is 0 Å². The number of nitrogens with zero attached hydrogens (tertiary/aromatic N) is 2. The SMILES string of the molecule is N#C/C(=C\c1ccco1)C(=O)Nc1cccnc1. The molecule has 0 radical (unpaired) electrons. The van der Waals surface area contributed by atoms with Crippen molar-refractivity contribution < 1.29 is 9.21 Å². The molecule has 2 heterocycles. The summed E-state index contributed by atoms with van der Waals surface area (Å²) in [5, 5.41) is 11.5. The highest BCUT2D eigenvalue weighted by Crippen LogP contribution is 2.10. The monoisotopic (exact) mass is 239 g/mol. The summed E-state index contributed by atoms with van der Waals surface area (Å²) in [5.41, 5.74) is 0.497. The second kappa shape index (κ2) is 5.46. The fourth-order valence-electron chi connectivity index (χ4n) is 1.30. The van der Waals surface area contributed by atoms with E-state index < -0.39 is 5.91 Å². The van der Waals surface area contributed by atoms with Gasteiger partial charge >= 0.3 is 0 Å². The van der Waals surface area contributed by atoms with E-state index in [0.717, 1.165) is 0 Å². The molecule has 0 unspecified atom stereocenters. The summed E-state index contributed by atoms with van der Waals surface area (Å²) >= 11 is 0. The summed E-state index contributed by atoms with van der Waals surface area (Å²) in [6.45, 7) is 0. The number of carbonyl (C=O) groups is 1. The molecule has 0 atom stereocenters. The number of pyridine rings is 1. The van der Waals surface area contributed by atoms with Crippen LogP contribution in [-0.2, 0) is 4.79 Å². The molecule has 0 saturated heterocycles. The van der Waals surface area contributed by atoms with Crippen molar-refractivity contribution in [2.45, 2.75) is 0 Å². The van der Waals surface area contributed by atoms with E-state index in [1.165, 1.54) is 18.5 Å². The van der Waals surface area contributed by atoms with E-state index in [9.17, 15) is 4.79 Å². The summed E-state index contributed by atoms with van der Waals surface area (Å²) in [5.74, 6) is -0.0465. The van der Waals surface area contributed by atoms with Gasteiger partial charge < -0.3 is 9.73 Å². The normalized spacial score (nSPS) is 10.7. The Kier molecular flexibility index (Phi) is 3.52. The van der Waals surface area contributed by atoms with Gasteiger partial charge in [0.15, 0.2) is 0 Å². The van der Waals surface area contributed by atoms with Crippen LogP contribution in [0.15, 0.2) is 52.9 Å². The molecular formula is C13H9N3O2. The van der Waals surface area contributed by atoms with Gasteiger partial charge in [-0.25, -0.2) is 0 Å². The second-order valence-corrected chi connectivity index (χ2v) is 3.38. The summed E-state index contributed by atoms with van der Waals surface area (Å²) in [6, 6.07) is 8.55. The molecule has 0 fully saturated rings. The lowest BCUT2D eigenvalue weighted by molar-refractivity contribution is -0.112. The molecule has 1 amide bonds. The van der Waals surface area contributed by atoms with Gasteiger partial charge in [0.1, 0.15) is 17.4 Å². The summed E-state index contributed by atoms with van der Waals surface area (Å²) in [7, 11) is 0. The van der Waals surface area contributed by atoms with Crippen molar-refractivity contribution in [3.8, 4) is 6.07 Å². The van der Waals surface area contributed by atoms with Gasteiger partial charge in [0, 0.05) is 12.3 Å². The summed E-state index contributed by atoms with van der Waals surface area (Å²) in [4.78, 5) is 15.7. The largest absolute Gasteiger partial charge is 0.465 e. The van der Waals surface area contributed by atoms with Crippen LogP contribution in [0.2, 0.25) is 0 Å². The van der Waals surface area contributed by atoms with Crippen LogP contribution in [0.5, 0.6) is 0 Å². The number of nitrogens with one attached hydrogen (secondary N) is 1. The summed E-state index contributed by atoms with van der Waals surface area (Å²) < 4.78 is 5.05. The first-order valence-electron chi connectivity index (χ1n) is 5.16. The molecule has 5 heteroatoms. The van der Waals surface area contributed by atoms with Crippen molar-refractivity contribution >= 4 is 17.7 Å². The van der Waals surface area contributed by atoms with Crippen molar-refractivity contribution in [3.05, 3.63) is 54.3 Å². The van der Waals surface area contributed by atoms with Gasteiger partial charge in [-0.1, -0.05) is 0 Å². The smallest absolute Gasteiger partial charge is 0.266 e. The quantitative estimate of drug-likeness (QED) is 0.658. The highest BCUT2D eigenvalue weighted by molar-refractivity contribution is 6.09. The van der Waals surface area contributed by atoms with Crippen LogP contribution < -0.4 is 5.32 Å². The third kappa shape index (κ3) is 2.83. The molecular weight excluding hydrogens is 230 g/mol. The van der Waals surface area contributed by atoms with E-state index in [4.69, 9.17) is 9.68 Å². The minimum Gasteiger partial charge on any atom is -0.465 e. The zero-order chi connectivity index (χ0) is 12.8. The molecule has 1 N–H and O–H groups in total. The molecule has 5 nitrogen and oxygen atoms in total. The van der Waals surface area contributed by atoms with Crippen LogP contribution in [0.3, 0.4) is 0 Å². The van der Waals surface area contributed by atoms with E-state index in [0.29, 0.717) is 11.4 Å². The fraction of sp³-hybridized carbons (Fsp3) is 0. The third-order valence-electron chi connectivity index (χ3n) is 2.11. The zero-order valence-corrected chi connectivity index (χ0v) is 9.33. The molecule has 2 rings (SSSR count). The Balaban J connectivity index is 2.15. The number of nitriles is 1. The van der Waals surface area contributed by atoms with Gasteiger partial charge in [-0.3, -0.25) is 9.78 Å². The van der Waals surface area contributed by atoms with Crippen LogP contribution in [0.4, 0.5) is 5.69 Å². The molecule has 0 bridgehead atoms. The van der Waals surface area contributed by atoms with Gasteiger partial charge in [-0.05, 0) is 24.3 Å². The number of carbonyl (C=O) groups excluding carboxylic acids is 1. The maximum absolute atomic E-state index is 11.8. The van der Waals surface area contributed by atoms with Crippen molar-refractivity contribution in [3.63, 3.8) is 0 Å². The topological polar surface area (TPSA) is 78.9 Å². The number of furan rings is 1. The fourth-order valence-corrected chi connectivity index (χ4v) is 1.30. The van der Waals surface area contributed by atoms with Crippen LogP contribution >= 0.6 is 0 Å². The Hall–Kier alpha value is -2.87. The van der Waals surface area contributed by atoms with E-state index in [1.54, 1.807) is 30.5 Å². The maximum atomic E-state index is 11.8. The van der Waals surface area contributed by atoms with Gasteiger partial charge in [0.25, 0.3) is 5.91 Å². The Morgan fingerprint density at radius 2 is 2.33 bits per heavy atom. The molecule has 88 valence electrons. The van der Waals surface area contributed by atoms with Crippen LogP contribution in [0.25, 0.3) is 6.08 Å². The van der Waals surface area contributed by atoms with Crippen molar-refractivity contribution in [1.82, 2.24) is 4.98 Å². The number of amides is 1. The first-order chi connectivity index (χ1) is 8.79. The predicted octanol–water partition coefficient (Wildman–Crippen LogP) is 2.22. The Morgan fingerprint density at radius 3 is 2.94 bits per heavy atom. The van der Waals surface area contributed by atoms with E-state index in [1.807, 2.05) is 6.07 Å². The molecule has 2 aromatic heterocycles. The van der Waals surface area contributed by atoms with E-state index in [2.05, 4.69) is 10.3 Å². The second-order valence-electron chi connectivity index (χ2n) is 3.38. The Bertz CT molecular complexity index is 595. The van der Waals surface area contributed by atoms with Gasteiger partial charge in [0.05, 0.1) is 18.1 Å². The number of hydrogen-bond donors (Lipinski definition) is 1. The lowest BCUT2D eigenvalue weighted by Crippen LogP contribution is -2.13. The highest BCUT2D eigenvalue weighted by Gasteiger charge is 2.10. The summed E-state index contributed by atoms with van der Waals surface area (Å²) in [6.07, 6.45) is 5.95. The van der Waals surface area contributed by atoms with E-state index >= 15 is 0 Å². The molecule has 0 aliphatic rings. The maximum Gasteiger partial charge on any atom is 0.266 e. The number of hydrogen-bond acceptors (Lipinski definition) is 4. The number of anilines is 1. The highest BCUT2D eigenvalue weighted by atomic mass is 16.3. The van der Waals surface area contributed by atoms with E-state index in [-0.39, 0.29) is 5.57 Å². The average molecular weight is 239 g/mol. The molecule has 0 aliphatic heterocycles. The Labute approximate surface area is 103 Å². The van der Waals surface area contributed by atoms with Gasteiger partial charge in [-0.2, -0.15) is 5.26 Å². The molecule has 0 spiro atoms. The standard InChI is InChI=1S/C13H9N3O2/c14-8-10(7-12-4-2-6-18-12)13(17)16-11-3-1-5-15-9-11/h1-7,9H,(H,16,17)/b10-7+. The molecule has 0 aliphatic carbocycles. The molecule has 0 saturated carbocycles. The lowest BCUT2D eigenvalue weighted by Gasteiger charge is -2.02. The third-order valence-corrected chi connectivity index (χ3v) is 2.11. The van der Waals surface area contributed by atoms with Crippen LogP contribution in [0, 0.1) is 11.3 Å². The lowest BCUT2D eigenvalue weighted by atomic mass is 10.2. The van der Waals surface area contributed by atoms with Crippen LogP contribution in [-0.4, -0.2) is 10.9 Å². The zero-order valence-electron chi connectivity index (χ0n) is 9.33. The number of aromatic nitrogens is 1. The number of rotatable bonds is 3. The molecule has 18 heavy (non-hydrogen) atoms. The first kappa shape index (κ1) is 11.6. The minimum absolute atomic E-state index is 0.0335. The van der Waals surface area contributed by atoms with Gasteiger partial charge in [0.2, 0.25) is 0 Å². The van der Waals surface area contributed by atoms with Crippen molar-refractivity contribution in [2.75, 3.05) is 5.32 Å². The van der Waals surface area contributed by atoms with Crippen molar-refractivity contribution in [1.29, 1.82) is 5.26 Å². The first-order valence-corrected chi connectivity index (χ1v) is 5.16. The Morgan fingerprint density at radius 1 is 1.44 bits per heavy atom. The average Bonchev–Trinajstić information content (AvgIpc) is 2.90. The predicted molar refractivity (Wildman–Crippen MR) is 65.2 cm³/mol.